The molecule has 0 radical (unpaired) electrons. The van der Waals surface area contributed by atoms with Crippen LogP contribution in [0.15, 0.2) is 12.3 Å². The van der Waals surface area contributed by atoms with Crippen molar-refractivity contribution in [2.45, 2.75) is 37.3 Å². The molecule has 3 rings (SSSR count). The van der Waals surface area contributed by atoms with Crippen LogP contribution in [0, 0.1) is 0 Å². The summed E-state index contributed by atoms with van der Waals surface area (Å²) in [4.78, 5) is 12.2. The van der Waals surface area contributed by atoms with E-state index in [2.05, 4.69) is 15.7 Å². The minimum Gasteiger partial charge on any atom is -0.317 e. The normalized spacial score (nSPS) is 22.7. The maximum absolute atomic E-state index is 12.2. The second kappa shape index (κ2) is 4.37. The van der Waals surface area contributed by atoms with E-state index in [0.717, 1.165) is 44.6 Å². The summed E-state index contributed by atoms with van der Waals surface area (Å²) in [5.74, 6) is 0.678. The van der Waals surface area contributed by atoms with Gasteiger partial charge in [0.15, 0.2) is 0 Å². The molecule has 1 amide bonds. The van der Waals surface area contributed by atoms with Crippen molar-refractivity contribution in [3.05, 3.63) is 12.3 Å². The van der Waals surface area contributed by atoms with Gasteiger partial charge in [0.05, 0.1) is 17.8 Å². The summed E-state index contributed by atoms with van der Waals surface area (Å²) < 4.78 is 1.87. The molecule has 2 fully saturated rings. The highest BCUT2D eigenvalue weighted by molar-refractivity contribution is 5.97. The third-order valence-corrected chi connectivity index (χ3v) is 3.97. The minimum atomic E-state index is -0.688. The topological polar surface area (TPSA) is 85.0 Å². The second-order valence-electron chi connectivity index (χ2n) is 5.29. The molecule has 4 N–H and O–H groups in total. The molecule has 0 unspecified atom stereocenters. The molecule has 98 valence electrons. The molecule has 1 aliphatic carbocycles. The maximum Gasteiger partial charge on any atom is 0.245 e. The van der Waals surface area contributed by atoms with Crippen molar-refractivity contribution in [1.29, 1.82) is 0 Å². The Bertz CT molecular complexity index is 445. The fraction of sp³-hybridized carbons (Fsp3) is 0.667. The summed E-state index contributed by atoms with van der Waals surface area (Å²) in [6.07, 6.45) is 5.34. The summed E-state index contributed by atoms with van der Waals surface area (Å²) in [6, 6.07) is 2.17. The molecule has 1 aromatic heterocycles. The number of carbonyl (C=O) groups excluding carboxylic acids is 1. The maximum atomic E-state index is 12.2. The molecule has 1 saturated heterocycles. The van der Waals surface area contributed by atoms with E-state index in [1.807, 2.05) is 10.7 Å². The first-order valence-corrected chi connectivity index (χ1v) is 6.54. The predicted octanol–water partition coefficient (Wildman–Crippen LogP) is 0.237. The van der Waals surface area contributed by atoms with E-state index in [0.29, 0.717) is 6.04 Å². The van der Waals surface area contributed by atoms with Crippen LogP contribution in [0.5, 0.6) is 0 Å². The number of anilines is 1. The van der Waals surface area contributed by atoms with Gasteiger partial charge in [0, 0.05) is 19.2 Å². The molecule has 0 bridgehead atoms. The second-order valence-corrected chi connectivity index (χ2v) is 5.29. The number of rotatable bonds is 3. The van der Waals surface area contributed by atoms with Crippen molar-refractivity contribution in [1.82, 2.24) is 15.1 Å². The SMILES string of the molecule is NC1(C(=O)Nc2ccnn2C2CNC2)CCCC1. The number of amides is 1. The van der Waals surface area contributed by atoms with Crippen LogP contribution < -0.4 is 16.4 Å². The highest BCUT2D eigenvalue weighted by Crippen LogP contribution is 2.28. The molecule has 6 nitrogen and oxygen atoms in total. The lowest BCUT2D eigenvalue weighted by molar-refractivity contribution is -0.121. The number of nitrogens with two attached hydrogens (primary N) is 1. The van der Waals surface area contributed by atoms with Crippen molar-refractivity contribution in [2.75, 3.05) is 18.4 Å². The summed E-state index contributed by atoms with van der Waals surface area (Å²) in [7, 11) is 0. The molecule has 18 heavy (non-hydrogen) atoms. The summed E-state index contributed by atoms with van der Waals surface area (Å²) in [6.45, 7) is 1.80. The number of nitrogens with one attached hydrogen (secondary N) is 2. The molecule has 1 aliphatic heterocycles. The number of nitrogens with zero attached hydrogens (tertiary/aromatic N) is 2. The molecule has 2 heterocycles. The van der Waals surface area contributed by atoms with Crippen molar-refractivity contribution in [3.63, 3.8) is 0 Å². The van der Waals surface area contributed by atoms with Crippen molar-refractivity contribution >= 4 is 11.7 Å². The molecular weight excluding hydrogens is 230 g/mol. The molecule has 0 atom stereocenters. The molecule has 0 spiro atoms. The zero-order valence-electron chi connectivity index (χ0n) is 10.4. The van der Waals surface area contributed by atoms with Crippen LogP contribution in [-0.4, -0.2) is 34.3 Å². The van der Waals surface area contributed by atoms with E-state index >= 15 is 0 Å². The van der Waals surface area contributed by atoms with Gasteiger partial charge in [-0.15, -0.1) is 0 Å². The van der Waals surface area contributed by atoms with Crippen LogP contribution in [0.25, 0.3) is 0 Å². The van der Waals surface area contributed by atoms with Crippen molar-refractivity contribution < 1.29 is 4.79 Å². The van der Waals surface area contributed by atoms with Crippen LogP contribution in [-0.2, 0) is 4.79 Å². The van der Waals surface area contributed by atoms with Gasteiger partial charge >= 0.3 is 0 Å². The molecule has 1 saturated carbocycles. The average molecular weight is 249 g/mol. The Balaban J connectivity index is 1.72. The van der Waals surface area contributed by atoms with E-state index in [9.17, 15) is 4.79 Å². The van der Waals surface area contributed by atoms with Gasteiger partial charge in [-0.25, -0.2) is 4.68 Å². The van der Waals surface area contributed by atoms with Gasteiger partial charge in [-0.3, -0.25) is 4.79 Å². The number of hydrogen-bond acceptors (Lipinski definition) is 4. The standard InChI is InChI=1S/C12H19N5O/c13-12(4-1-2-5-12)11(18)16-10-3-6-15-17(10)9-7-14-8-9/h3,6,9,14H,1-2,4-5,7-8,13H2,(H,16,18). The average Bonchev–Trinajstić information content (AvgIpc) is 2.87. The van der Waals surface area contributed by atoms with Crippen LogP contribution in [0.1, 0.15) is 31.7 Å². The molecular formula is C12H19N5O. The van der Waals surface area contributed by atoms with Gasteiger partial charge in [0.1, 0.15) is 5.82 Å². The van der Waals surface area contributed by atoms with Crippen LogP contribution in [0.4, 0.5) is 5.82 Å². The lowest BCUT2D eigenvalue weighted by atomic mass is 9.98. The molecule has 0 aromatic carbocycles. The highest BCUT2D eigenvalue weighted by Gasteiger charge is 2.37. The van der Waals surface area contributed by atoms with E-state index in [-0.39, 0.29) is 5.91 Å². The lowest BCUT2D eigenvalue weighted by Crippen LogP contribution is -2.49. The Morgan fingerprint density at radius 1 is 1.50 bits per heavy atom. The zero-order chi connectivity index (χ0) is 12.6. The first-order chi connectivity index (χ1) is 8.69. The Labute approximate surface area is 106 Å². The van der Waals surface area contributed by atoms with Crippen LogP contribution in [0.2, 0.25) is 0 Å². The first kappa shape index (κ1) is 11.7. The quantitative estimate of drug-likeness (QED) is 0.716. The van der Waals surface area contributed by atoms with Gasteiger partial charge in [0.2, 0.25) is 5.91 Å². The molecule has 2 aliphatic rings. The van der Waals surface area contributed by atoms with E-state index in [4.69, 9.17) is 5.73 Å². The summed E-state index contributed by atoms with van der Waals surface area (Å²) in [5.41, 5.74) is 5.45. The van der Waals surface area contributed by atoms with Crippen LogP contribution >= 0.6 is 0 Å². The lowest BCUT2D eigenvalue weighted by Gasteiger charge is -2.29. The minimum absolute atomic E-state index is 0.0750. The molecule has 6 heteroatoms. The van der Waals surface area contributed by atoms with Crippen molar-refractivity contribution in [3.8, 4) is 0 Å². The number of carbonyl (C=O) groups is 1. The van der Waals surface area contributed by atoms with Gasteiger partial charge in [-0.2, -0.15) is 5.10 Å². The van der Waals surface area contributed by atoms with E-state index < -0.39 is 5.54 Å². The van der Waals surface area contributed by atoms with Crippen LogP contribution in [0.3, 0.4) is 0 Å². The van der Waals surface area contributed by atoms with E-state index in [1.165, 1.54) is 0 Å². The largest absolute Gasteiger partial charge is 0.317 e. The monoisotopic (exact) mass is 249 g/mol. The van der Waals surface area contributed by atoms with Gasteiger partial charge < -0.3 is 16.4 Å². The highest BCUT2D eigenvalue weighted by atomic mass is 16.2. The number of aromatic nitrogens is 2. The third-order valence-electron chi connectivity index (χ3n) is 3.97. The third kappa shape index (κ3) is 1.91. The Morgan fingerprint density at radius 3 is 2.83 bits per heavy atom. The first-order valence-electron chi connectivity index (χ1n) is 6.54. The summed E-state index contributed by atoms with van der Waals surface area (Å²) >= 11 is 0. The summed E-state index contributed by atoms with van der Waals surface area (Å²) in [5, 5.41) is 10.4. The molecule has 1 aromatic rings. The van der Waals surface area contributed by atoms with Gasteiger partial charge in [-0.1, -0.05) is 12.8 Å². The predicted molar refractivity (Wildman–Crippen MR) is 68.1 cm³/mol. The Kier molecular flexibility index (Phi) is 2.83. The zero-order valence-corrected chi connectivity index (χ0v) is 10.4. The van der Waals surface area contributed by atoms with Gasteiger partial charge in [0.25, 0.3) is 0 Å². The fourth-order valence-electron chi connectivity index (χ4n) is 2.62. The van der Waals surface area contributed by atoms with E-state index in [1.54, 1.807) is 6.20 Å². The number of hydrogen-bond donors (Lipinski definition) is 3. The smallest absolute Gasteiger partial charge is 0.245 e. The fourth-order valence-corrected chi connectivity index (χ4v) is 2.62. The van der Waals surface area contributed by atoms with Gasteiger partial charge in [-0.05, 0) is 12.8 Å². The Hall–Kier alpha value is -1.40. The Morgan fingerprint density at radius 2 is 2.22 bits per heavy atom. The van der Waals surface area contributed by atoms with Crippen molar-refractivity contribution in [2.24, 2.45) is 5.73 Å².